The second-order valence-electron chi connectivity index (χ2n) is 6.30. The number of carboxylic acids is 1. The van der Waals surface area contributed by atoms with Crippen molar-refractivity contribution in [1.82, 2.24) is 29.1 Å². The van der Waals surface area contributed by atoms with Gasteiger partial charge in [0.25, 0.3) is 6.08 Å². The molecule has 33 heavy (non-hydrogen) atoms. The molecule has 0 radical (unpaired) electrons. The van der Waals surface area contributed by atoms with Crippen molar-refractivity contribution in [2.75, 3.05) is 6.54 Å². The number of alkyl halides is 3. The van der Waals surface area contributed by atoms with E-state index in [2.05, 4.69) is 15.2 Å². The zero-order valence-corrected chi connectivity index (χ0v) is 17.0. The van der Waals surface area contributed by atoms with Gasteiger partial charge in [-0.25, -0.2) is 18.8 Å². The molecule has 3 heterocycles. The zero-order valence-electron chi connectivity index (χ0n) is 17.0. The Morgan fingerprint density at radius 1 is 1.24 bits per heavy atom. The van der Waals surface area contributed by atoms with E-state index in [1.165, 1.54) is 10.9 Å². The number of pyridine rings is 1. The van der Waals surface area contributed by atoms with Crippen LogP contribution in [-0.4, -0.2) is 52.9 Å². The molecule has 3 aromatic rings. The molecule has 10 nitrogen and oxygen atoms in total. The van der Waals surface area contributed by atoms with Crippen molar-refractivity contribution in [1.29, 1.82) is 0 Å². The number of hydrogen-bond acceptors (Lipinski definition) is 6. The van der Waals surface area contributed by atoms with Gasteiger partial charge in [0.15, 0.2) is 0 Å². The van der Waals surface area contributed by atoms with E-state index in [0.29, 0.717) is 11.4 Å². The maximum atomic E-state index is 12.8. The number of nitrogens with zero attached hydrogens (tertiary/aromatic N) is 6. The number of aryl methyl sites for hydroxylation is 1. The van der Waals surface area contributed by atoms with Crippen molar-refractivity contribution in [2.24, 2.45) is 5.73 Å². The fraction of sp³-hybridized carbons (Fsp3) is 0.278. The van der Waals surface area contributed by atoms with Crippen LogP contribution in [0.5, 0.6) is 0 Å². The minimum absolute atomic E-state index is 0.334. The predicted octanol–water partition coefficient (Wildman–Crippen LogP) is 2.06. The SMILES string of the molecule is CCn1cc(-c2cc(-n3cnn(CC(CN)=C(F)F)c3=O)ccn2)cn1.O=C(O)C(F)(F)F. The molecule has 3 N–H and O–H groups in total. The predicted molar refractivity (Wildman–Crippen MR) is 105 cm³/mol. The van der Waals surface area contributed by atoms with Gasteiger partial charge in [0.05, 0.1) is 24.1 Å². The first-order valence-corrected chi connectivity index (χ1v) is 9.14. The van der Waals surface area contributed by atoms with Crippen LogP contribution in [0.25, 0.3) is 16.9 Å². The van der Waals surface area contributed by atoms with Gasteiger partial charge < -0.3 is 10.8 Å². The van der Waals surface area contributed by atoms with E-state index < -0.39 is 23.9 Å². The summed E-state index contributed by atoms with van der Waals surface area (Å²) in [6.45, 7) is 2.00. The molecule has 0 saturated carbocycles. The lowest BCUT2D eigenvalue weighted by Gasteiger charge is -2.04. The van der Waals surface area contributed by atoms with Crippen LogP contribution < -0.4 is 11.4 Å². The van der Waals surface area contributed by atoms with Crippen LogP contribution in [0.1, 0.15) is 6.92 Å². The molecule has 15 heteroatoms. The molecule has 0 unspecified atom stereocenters. The molecule has 178 valence electrons. The number of hydrogen-bond donors (Lipinski definition) is 2. The highest BCUT2D eigenvalue weighted by molar-refractivity contribution is 5.73. The van der Waals surface area contributed by atoms with Crippen molar-refractivity contribution >= 4 is 5.97 Å². The fourth-order valence-corrected chi connectivity index (χ4v) is 2.40. The van der Waals surface area contributed by atoms with Crippen molar-refractivity contribution in [3.05, 3.63) is 59.2 Å². The smallest absolute Gasteiger partial charge is 0.475 e. The van der Waals surface area contributed by atoms with E-state index >= 15 is 0 Å². The van der Waals surface area contributed by atoms with E-state index in [4.69, 9.17) is 15.6 Å². The third kappa shape index (κ3) is 6.55. The fourth-order valence-electron chi connectivity index (χ4n) is 2.40. The summed E-state index contributed by atoms with van der Waals surface area (Å²) >= 11 is 0. The number of nitrogens with two attached hydrogens (primary N) is 1. The number of aliphatic carboxylic acids is 1. The molecular weight excluding hydrogens is 457 g/mol. The Kier molecular flexibility index (Phi) is 8.17. The van der Waals surface area contributed by atoms with Gasteiger partial charge in [0.2, 0.25) is 0 Å². The van der Waals surface area contributed by atoms with Gasteiger partial charge in [0.1, 0.15) is 6.33 Å². The van der Waals surface area contributed by atoms with Crippen LogP contribution in [0.15, 0.2) is 53.5 Å². The van der Waals surface area contributed by atoms with Crippen LogP contribution in [0.2, 0.25) is 0 Å². The van der Waals surface area contributed by atoms with Crippen LogP contribution >= 0.6 is 0 Å². The van der Waals surface area contributed by atoms with Crippen LogP contribution in [-0.2, 0) is 17.9 Å². The summed E-state index contributed by atoms with van der Waals surface area (Å²) in [6.07, 6.45) is -0.607. The highest BCUT2D eigenvalue weighted by Gasteiger charge is 2.38. The standard InChI is InChI=1S/C16H17F2N7O.C2HF3O2/c1-2-23-8-12(7-21-23)14-5-13(3-4-20-14)24-10-22-25(16(24)26)9-11(6-19)15(17)18;3-2(4,5)1(6)7/h3-5,7-8,10H,2,6,9,19H2,1H3;(H,6,7). The highest BCUT2D eigenvalue weighted by Crippen LogP contribution is 2.18. The van der Waals surface area contributed by atoms with Crippen molar-refractivity contribution in [3.63, 3.8) is 0 Å². The van der Waals surface area contributed by atoms with Crippen molar-refractivity contribution in [3.8, 4) is 16.9 Å². The highest BCUT2D eigenvalue weighted by atomic mass is 19.4. The van der Waals surface area contributed by atoms with Gasteiger partial charge in [-0.15, -0.1) is 0 Å². The van der Waals surface area contributed by atoms with Gasteiger partial charge in [-0.3, -0.25) is 9.67 Å². The quantitative estimate of drug-likeness (QED) is 0.521. The van der Waals surface area contributed by atoms with E-state index in [9.17, 15) is 26.7 Å². The Morgan fingerprint density at radius 2 is 1.91 bits per heavy atom. The van der Waals surface area contributed by atoms with Crippen LogP contribution in [0.3, 0.4) is 0 Å². The summed E-state index contributed by atoms with van der Waals surface area (Å²) in [4.78, 5) is 25.6. The van der Waals surface area contributed by atoms with E-state index in [1.807, 2.05) is 13.1 Å². The Hall–Kier alpha value is -3.88. The number of carboxylic acid groups (broad SMARTS) is 1. The Bertz CT molecular complexity index is 1190. The minimum Gasteiger partial charge on any atom is -0.475 e. The average Bonchev–Trinajstić information content (AvgIpc) is 3.38. The van der Waals surface area contributed by atoms with E-state index in [0.717, 1.165) is 16.8 Å². The van der Waals surface area contributed by atoms with Crippen molar-refractivity contribution in [2.45, 2.75) is 26.2 Å². The van der Waals surface area contributed by atoms with Crippen molar-refractivity contribution < 1.29 is 31.9 Å². The number of aromatic nitrogens is 6. The number of halogens is 5. The lowest BCUT2D eigenvalue weighted by atomic mass is 10.2. The Balaban J connectivity index is 0.000000479. The second kappa shape index (κ2) is 10.6. The molecule has 0 fully saturated rings. The van der Waals surface area contributed by atoms with Gasteiger partial charge >= 0.3 is 17.8 Å². The van der Waals surface area contributed by atoms with Gasteiger partial charge in [-0.05, 0) is 19.1 Å². The van der Waals surface area contributed by atoms with Gasteiger partial charge in [0, 0.05) is 36.6 Å². The summed E-state index contributed by atoms with van der Waals surface area (Å²) in [5.74, 6) is -2.76. The largest absolute Gasteiger partial charge is 0.490 e. The normalized spacial score (nSPS) is 11.0. The molecular formula is C18H18F5N7O3. The Morgan fingerprint density at radius 3 is 2.42 bits per heavy atom. The average molecular weight is 475 g/mol. The molecule has 0 saturated heterocycles. The van der Waals surface area contributed by atoms with Crippen LogP contribution in [0.4, 0.5) is 22.0 Å². The molecule has 0 aliphatic heterocycles. The van der Waals surface area contributed by atoms with Gasteiger partial charge in [-0.2, -0.15) is 32.1 Å². The molecule has 0 spiro atoms. The lowest BCUT2D eigenvalue weighted by molar-refractivity contribution is -0.192. The lowest BCUT2D eigenvalue weighted by Crippen LogP contribution is -2.26. The van der Waals surface area contributed by atoms with Crippen LogP contribution in [0, 0.1) is 0 Å². The number of carbonyl (C=O) groups is 1. The maximum absolute atomic E-state index is 12.8. The first-order chi connectivity index (χ1) is 15.5. The maximum Gasteiger partial charge on any atom is 0.490 e. The van der Waals surface area contributed by atoms with Gasteiger partial charge in [-0.1, -0.05) is 0 Å². The first-order valence-electron chi connectivity index (χ1n) is 9.14. The third-order valence-corrected chi connectivity index (χ3v) is 4.10. The minimum atomic E-state index is -5.08. The van der Waals surface area contributed by atoms with E-state index in [-0.39, 0.29) is 18.7 Å². The summed E-state index contributed by atoms with van der Waals surface area (Å²) in [5, 5.41) is 15.2. The number of rotatable bonds is 6. The molecule has 0 aliphatic rings. The molecule has 0 atom stereocenters. The molecule has 0 bridgehead atoms. The summed E-state index contributed by atoms with van der Waals surface area (Å²) in [7, 11) is 0. The first kappa shape index (κ1) is 25.4. The second-order valence-corrected chi connectivity index (χ2v) is 6.30. The summed E-state index contributed by atoms with van der Waals surface area (Å²) < 4.78 is 61.2. The monoisotopic (exact) mass is 475 g/mol. The zero-order chi connectivity index (χ0) is 24.8. The molecule has 0 aromatic carbocycles. The molecule has 3 rings (SSSR count). The molecule has 0 amide bonds. The Labute approximate surface area is 182 Å². The summed E-state index contributed by atoms with van der Waals surface area (Å²) in [6, 6.07) is 3.34. The molecule has 0 aliphatic carbocycles. The third-order valence-electron chi connectivity index (χ3n) is 4.10. The van der Waals surface area contributed by atoms with E-state index in [1.54, 1.807) is 29.2 Å². The topological polar surface area (TPSA) is 134 Å². The summed E-state index contributed by atoms with van der Waals surface area (Å²) in [5.41, 5.74) is 6.37. The molecule has 3 aromatic heterocycles.